The molecule has 1 aromatic heterocycles. The Bertz CT molecular complexity index is 529. The highest BCUT2D eigenvalue weighted by Gasteiger charge is 2.20. The summed E-state index contributed by atoms with van der Waals surface area (Å²) >= 11 is 0. The second kappa shape index (κ2) is 5.79. The number of hydrogen-bond acceptors (Lipinski definition) is 1. The summed E-state index contributed by atoms with van der Waals surface area (Å²) in [4.78, 5) is 3.35. The molecule has 1 heterocycles. The van der Waals surface area contributed by atoms with E-state index in [0.717, 1.165) is 18.4 Å². The van der Waals surface area contributed by atoms with Crippen molar-refractivity contribution in [3.05, 3.63) is 36.0 Å². The molecule has 2 heteroatoms. The zero-order chi connectivity index (χ0) is 13.1. The van der Waals surface area contributed by atoms with Gasteiger partial charge in [0.2, 0.25) is 0 Å². The van der Waals surface area contributed by atoms with E-state index >= 15 is 0 Å². The van der Waals surface area contributed by atoms with E-state index in [1.165, 1.54) is 48.7 Å². The molecule has 19 heavy (non-hydrogen) atoms. The van der Waals surface area contributed by atoms with E-state index in [2.05, 4.69) is 47.7 Å². The Morgan fingerprint density at radius 2 is 2.05 bits per heavy atom. The van der Waals surface area contributed by atoms with Crippen molar-refractivity contribution in [1.82, 2.24) is 10.3 Å². The number of H-pyrrole nitrogens is 1. The Hall–Kier alpha value is -1.28. The minimum Gasteiger partial charge on any atom is -0.361 e. The van der Waals surface area contributed by atoms with Crippen LogP contribution in [0.4, 0.5) is 0 Å². The normalized spacial score (nSPS) is 23.8. The zero-order valence-corrected chi connectivity index (χ0v) is 11.8. The van der Waals surface area contributed by atoms with Gasteiger partial charge in [0.05, 0.1) is 0 Å². The maximum absolute atomic E-state index is 3.66. The first-order chi connectivity index (χ1) is 9.34. The first-order valence-electron chi connectivity index (χ1n) is 7.60. The van der Waals surface area contributed by atoms with E-state index in [0.29, 0.717) is 0 Å². The van der Waals surface area contributed by atoms with Crippen LogP contribution < -0.4 is 5.32 Å². The second-order valence-corrected chi connectivity index (χ2v) is 6.01. The van der Waals surface area contributed by atoms with Crippen molar-refractivity contribution in [3.63, 3.8) is 0 Å². The standard InChI is InChI=1S/C17H24N2/c1-13-6-2-3-7-14(13)10-18-11-15-12-19-17-9-5-4-8-16(15)17/h4-5,8-9,12-14,18-19H,2-3,6-7,10-11H2,1H3. The van der Waals surface area contributed by atoms with Gasteiger partial charge in [0, 0.05) is 23.6 Å². The van der Waals surface area contributed by atoms with Crippen molar-refractivity contribution in [3.8, 4) is 0 Å². The number of fused-ring (bicyclic) bond motifs is 1. The molecule has 102 valence electrons. The van der Waals surface area contributed by atoms with Crippen LogP contribution >= 0.6 is 0 Å². The fraction of sp³-hybridized carbons (Fsp3) is 0.529. The molecule has 0 radical (unpaired) electrons. The quantitative estimate of drug-likeness (QED) is 0.847. The van der Waals surface area contributed by atoms with Crippen LogP contribution in [0.5, 0.6) is 0 Å². The maximum atomic E-state index is 3.66. The monoisotopic (exact) mass is 256 g/mol. The van der Waals surface area contributed by atoms with Gasteiger partial charge in [-0.3, -0.25) is 0 Å². The van der Waals surface area contributed by atoms with Crippen LogP contribution in [0, 0.1) is 11.8 Å². The zero-order valence-electron chi connectivity index (χ0n) is 11.8. The highest BCUT2D eigenvalue weighted by molar-refractivity contribution is 5.82. The maximum Gasteiger partial charge on any atom is 0.0457 e. The highest BCUT2D eigenvalue weighted by Crippen LogP contribution is 2.29. The number of aromatic amines is 1. The smallest absolute Gasteiger partial charge is 0.0457 e. The summed E-state index contributed by atoms with van der Waals surface area (Å²) in [7, 11) is 0. The van der Waals surface area contributed by atoms with Gasteiger partial charge >= 0.3 is 0 Å². The lowest BCUT2D eigenvalue weighted by Crippen LogP contribution is -2.29. The molecule has 2 atom stereocenters. The Morgan fingerprint density at radius 3 is 2.95 bits per heavy atom. The van der Waals surface area contributed by atoms with Gasteiger partial charge in [-0.2, -0.15) is 0 Å². The lowest BCUT2D eigenvalue weighted by Gasteiger charge is -2.28. The van der Waals surface area contributed by atoms with Crippen LogP contribution in [-0.4, -0.2) is 11.5 Å². The van der Waals surface area contributed by atoms with Crippen LogP contribution in [0.15, 0.2) is 30.5 Å². The van der Waals surface area contributed by atoms with Crippen molar-refractivity contribution in [2.24, 2.45) is 11.8 Å². The Balaban J connectivity index is 1.57. The number of benzene rings is 1. The molecule has 3 rings (SSSR count). The summed E-state index contributed by atoms with van der Waals surface area (Å²) in [6.45, 7) is 4.56. The lowest BCUT2D eigenvalue weighted by molar-refractivity contribution is 0.248. The largest absolute Gasteiger partial charge is 0.361 e. The Labute approximate surface area is 115 Å². The second-order valence-electron chi connectivity index (χ2n) is 6.01. The summed E-state index contributed by atoms with van der Waals surface area (Å²) in [6, 6.07) is 8.54. The lowest BCUT2D eigenvalue weighted by atomic mass is 9.80. The van der Waals surface area contributed by atoms with Gasteiger partial charge in [-0.25, -0.2) is 0 Å². The third kappa shape index (κ3) is 2.84. The van der Waals surface area contributed by atoms with Crippen molar-refractivity contribution in [1.29, 1.82) is 0 Å². The molecule has 1 aliphatic rings. The van der Waals surface area contributed by atoms with Crippen LogP contribution in [0.1, 0.15) is 38.2 Å². The first kappa shape index (κ1) is 12.7. The SMILES string of the molecule is CC1CCCCC1CNCc1c[nH]c2ccccc12. The molecule has 0 spiro atoms. The van der Waals surface area contributed by atoms with E-state index in [1.807, 2.05) is 0 Å². The molecule has 0 bridgehead atoms. The first-order valence-corrected chi connectivity index (χ1v) is 7.60. The topological polar surface area (TPSA) is 27.8 Å². The molecule has 0 saturated heterocycles. The van der Waals surface area contributed by atoms with E-state index in [-0.39, 0.29) is 0 Å². The van der Waals surface area contributed by atoms with E-state index < -0.39 is 0 Å². The number of aromatic nitrogens is 1. The molecule has 2 unspecified atom stereocenters. The van der Waals surface area contributed by atoms with Gasteiger partial charge in [-0.1, -0.05) is 44.4 Å². The van der Waals surface area contributed by atoms with Gasteiger partial charge in [-0.15, -0.1) is 0 Å². The molecule has 0 aliphatic heterocycles. The fourth-order valence-corrected chi connectivity index (χ4v) is 3.37. The molecular formula is C17H24N2. The van der Waals surface area contributed by atoms with Crippen LogP contribution in [-0.2, 0) is 6.54 Å². The summed E-state index contributed by atoms with van der Waals surface area (Å²) in [5.74, 6) is 1.77. The van der Waals surface area contributed by atoms with Gasteiger partial charge < -0.3 is 10.3 Å². The predicted octanol–water partition coefficient (Wildman–Crippen LogP) is 4.08. The van der Waals surface area contributed by atoms with Crippen molar-refractivity contribution in [2.45, 2.75) is 39.2 Å². The Morgan fingerprint density at radius 1 is 1.21 bits per heavy atom. The molecular weight excluding hydrogens is 232 g/mol. The highest BCUT2D eigenvalue weighted by atomic mass is 14.9. The third-order valence-electron chi connectivity index (χ3n) is 4.69. The molecule has 1 saturated carbocycles. The van der Waals surface area contributed by atoms with Gasteiger partial charge in [-0.05, 0) is 36.4 Å². The number of rotatable bonds is 4. The van der Waals surface area contributed by atoms with E-state index in [4.69, 9.17) is 0 Å². The van der Waals surface area contributed by atoms with Crippen molar-refractivity contribution in [2.75, 3.05) is 6.54 Å². The predicted molar refractivity (Wildman–Crippen MR) is 81.1 cm³/mol. The van der Waals surface area contributed by atoms with Gasteiger partial charge in [0.1, 0.15) is 0 Å². The van der Waals surface area contributed by atoms with Crippen molar-refractivity contribution < 1.29 is 0 Å². The summed E-state index contributed by atoms with van der Waals surface area (Å²) in [5.41, 5.74) is 2.63. The number of hydrogen-bond donors (Lipinski definition) is 2. The molecule has 1 aromatic carbocycles. The average Bonchev–Trinajstić information content (AvgIpc) is 2.85. The molecule has 0 amide bonds. The summed E-state index contributed by atoms with van der Waals surface area (Å²) in [5, 5.41) is 5.01. The molecule has 1 fully saturated rings. The van der Waals surface area contributed by atoms with Crippen LogP contribution in [0.3, 0.4) is 0 Å². The minimum absolute atomic E-state index is 0.874. The average molecular weight is 256 g/mol. The molecule has 2 nitrogen and oxygen atoms in total. The Kier molecular flexibility index (Phi) is 3.88. The number of para-hydroxylation sites is 1. The third-order valence-corrected chi connectivity index (χ3v) is 4.69. The number of nitrogens with one attached hydrogen (secondary N) is 2. The molecule has 2 N–H and O–H groups in total. The van der Waals surface area contributed by atoms with Gasteiger partial charge in [0.25, 0.3) is 0 Å². The van der Waals surface area contributed by atoms with Crippen molar-refractivity contribution >= 4 is 10.9 Å². The van der Waals surface area contributed by atoms with Gasteiger partial charge in [0.15, 0.2) is 0 Å². The molecule has 2 aromatic rings. The fourth-order valence-electron chi connectivity index (χ4n) is 3.37. The molecule has 1 aliphatic carbocycles. The van der Waals surface area contributed by atoms with E-state index in [1.54, 1.807) is 0 Å². The minimum atomic E-state index is 0.874. The van der Waals surface area contributed by atoms with Crippen LogP contribution in [0.25, 0.3) is 10.9 Å². The summed E-state index contributed by atoms with van der Waals surface area (Å²) < 4.78 is 0. The summed E-state index contributed by atoms with van der Waals surface area (Å²) in [6.07, 6.45) is 7.81. The van der Waals surface area contributed by atoms with E-state index in [9.17, 15) is 0 Å². The van der Waals surface area contributed by atoms with Crippen LogP contribution in [0.2, 0.25) is 0 Å².